The molecule has 2 aliphatic carbocycles. The predicted octanol–water partition coefficient (Wildman–Crippen LogP) is 5.73. The van der Waals surface area contributed by atoms with Gasteiger partial charge in [0.15, 0.2) is 0 Å². The number of hydrogen-bond donors (Lipinski definition) is 5. The molecule has 1 atom stereocenters. The van der Waals surface area contributed by atoms with E-state index in [1.165, 1.54) is 0 Å². The number of alkyl carbamates (subject to hydrolysis) is 1. The van der Waals surface area contributed by atoms with Crippen molar-refractivity contribution in [1.82, 2.24) is 36.6 Å². The summed E-state index contributed by atoms with van der Waals surface area (Å²) < 4.78 is 5.35. The van der Waals surface area contributed by atoms with E-state index in [1.54, 1.807) is 24.3 Å². The van der Waals surface area contributed by atoms with Crippen molar-refractivity contribution < 1.29 is 23.9 Å². The third-order valence-electron chi connectivity index (χ3n) is 9.65. The largest absolute Gasteiger partial charge is 0.444 e. The Labute approximate surface area is 309 Å². The smallest absolute Gasteiger partial charge is 0.407 e. The van der Waals surface area contributed by atoms with E-state index < -0.39 is 17.7 Å². The van der Waals surface area contributed by atoms with Crippen molar-refractivity contribution in [2.24, 2.45) is 11.8 Å². The van der Waals surface area contributed by atoms with Gasteiger partial charge >= 0.3 is 6.09 Å². The number of ether oxygens (including phenoxy) is 1. The highest BCUT2D eigenvalue weighted by Gasteiger charge is 2.30. The number of benzene rings is 3. The van der Waals surface area contributed by atoms with Gasteiger partial charge in [0.2, 0.25) is 17.6 Å². The molecule has 5 N–H and O–H groups in total. The average Bonchev–Trinajstić information content (AvgIpc) is 3.77. The number of amides is 4. The first kappa shape index (κ1) is 37.2. The third kappa shape index (κ3) is 10.5. The van der Waals surface area contributed by atoms with Crippen LogP contribution in [0, 0.1) is 18.8 Å². The number of aromatic amines is 1. The van der Waals surface area contributed by atoms with Gasteiger partial charge in [-0.3, -0.25) is 14.4 Å². The second kappa shape index (κ2) is 16.4. The molecule has 53 heavy (non-hydrogen) atoms. The highest BCUT2D eigenvalue weighted by molar-refractivity contribution is 5.98. The fraction of sp³-hybridized carbons (Fsp3) is 0.425. The lowest BCUT2D eigenvalue weighted by Gasteiger charge is -2.29. The summed E-state index contributed by atoms with van der Waals surface area (Å²) in [5, 5.41) is 25.9. The molecule has 0 radical (unpaired) electrons. The van der Waals surface area contributed by atoms with Crippen LogP contribution in [0.4, 0.5) is 10.5 Å². The summed E-state index contributed by atoms with van der Waals surface area (Å²) >= 11 is 0. The zero-order valence-electron chi connectivity index (χ0n) is 30.7. The Kier molecular flexibility index (Phi) is 11.5. The first-order valence-corrected chi connectivity index (χ1v) is 18.3. The molecule has 278 valence electrons. The van der Waals surface area contributed by atoms with E-state index in [-0.39, 0.29) is 36.0 Å². The van der Waals surface area contributed by atoms with E-state index in [1.807, 2.05) is 70.2 Å². The van der Waals surface area contributed by atoms with E-state index in [9.17, 15) is 19.2 Å². The van der Waals surface area contributed by atoms with Crippen molar-refractivity contribution in [1.29, 1.82) is 0 Å². The molecule has 4 aromatic rings. The van der Waals surface area contributed by atoms with Gasteiger partial charge in [0.05, 0.1) is 0 Å². The van der Waals surface area contributed by atoms with Crippen LogP contribution in [-0.4, -0.2) is 68.7 Å². The van der Waals surface area contributed by atoms with Crippen molar-refractivity contribution in [3.63, 3.8) is 0 Å². The van der Waals surface area contributed by atoms with Crippen LogP contribution in [0.3, 0.4) is 0 Å². The molecular weight excluding hydrogens is 672 g/mol. The predicted molar refractivity (Wildman–Crippen MR) is 201 cm³/mol. The second-order valence-electron chi connectivity index (χ2n) is 15.1. The minimum absolute atomic E-state index is 0.0376. The Balaban J connectivity index is 1.10. The van der Waals surface area contributed by atoms with Crippen LogP contribution in [0.15, 0.2) is 66.7 Å². The minimum Gasteiger partial charge on any atom is -0.444 e. The molecule has 2 saturated carbocycles. The van der Waals surface area contributed by atoms with Crippen molar-refractivity contribution in [2.45, 2.75) is 90.3 Å². The molecule has 3 aromatic carbocycles. The van der Waals surface area contributed by atoms with Crippen LogP contribution in [0.5, 0.6) is 0 Å². The number of carbonyl (C=O) groups excluding carboxylic acids is 4. The highest BCUT2D eigenvalue weighted by Crippen LogP contribution is 2.29. The lowest BCUT2D eigenvalue weighted by Crippen LogP contribution is -2.48. The Hall–Kier alpha value is -5.59. The van der Waals surface area contributed by atoms with Gasteiger partial charge in [-0.25, -0.2) is 4.79 Å². The monoisotopic (exact) mass is 720 g/mol. The molecule has 0 bridgehead atoms. The van der Waals surface area contributed by atoms with Gasteiger partial charge in [-0.2, -0.15) is 5.21 Å². The van der Waals surface area contributed by atoms with Crippen molar-refractivity contribution in [3.05, 3.63) is 83.4 Å². The van der Waals surface area contributed by atoms with Crippen LogP contribution in [-0.2, 0) is 20.7 Å². The van der Waals surface area contributed by atoms with E-state index in [2.05, 4.69) is 41.9 Å². The van der Waals surface area contributed by atoms with Crippen molar-refractivity contribution >= 4 is 29.5 Å². The standard InChI is InChI=1S/C40H48N8O5/c1-24-21-30(15-20-33(24)37(50)42-32-18-19-32)27-9-5-25(6-10-27)22-34(38(51)43-31-16-13-28(14-17-31)35-45-47-48-46-35)44-36(49)29-11-7-26(8-12-29)23-41-39(52)53-40(2,3)4/h5-6,9-10,13-17,20-21,26,29,32,34H,7-8,11-12,18-19,22-23H2,1-4H3,(H,41,52)(H,42,50)(H,43,51)(H,44,49)(H,45,46,47,48). The molecule has 1 aromatic heterocycles. The average molecular weight is 721 g/mol. The van der Waals surface area contributed by atoms with Gasteiger partial charge in [-0.05, 0) is 130 Å². The van der Waals surface area contributed by atoms with Gasteiger partial charge in [-0.15, -0.1) is 10.2 Å². The van der Waals surface area contributed by atoms with Gasteiger partial charge in [0.25, 0.3) is 5.91 Å². The molecule has 13 heteroatoms. The fourth-order valence-electron chi connectivity index (χ4n) is 6.54. The summed E-state index contributed by atoms with van der Waals surface area (Å²) in [6.45, 7) is 7.92. The molecule has 0 aliphatic heterocycles. The Morgan fingerprint density at radius 3 is 2.17 bits per heavy atom. The summed E-state index contributed by atoms with van der Waals surface area (Å²) in [6, 6.07) is 20.3. The van der Waals surface area contributed by atoms with Crippen LogP contribution in [0.2, 0.25) is 0 Å². The summed E-state index contributed by atoms with van der Waals surface area (Å²) in [4.78, 5) is 52.2. The van der Waals surface area contributed by atoms with Gasteiger partial charge in [0.1, 0.15) is 11.6 Å². The number of carbonyl (C=O) groups is 4. The number of nitrogens with zero attached hydrogens (tertiary/aromatic N) is 3. The molecule has 4 amide bonds. The molecule has 2 fully saturated rings. The van der Waals surface area contributed by atoms with Gasteiger partial charge in [-0.1, -0.05) is 36.4 Å². The van der Waals surface area contributed by atoms with Crippen LogP contribution < -0.4 is 21.3 Å². The summed E-state index contributed by atoms with van der Waals surface area (Å²) in [5.41, 5.74) is 5.18. The maximum absolute atomic E-state index is 13.8. The molecule has 2 aliphatic rings. The number of tetrazole rings is 1. The molecule has 13 nitrogen and oxygen atoms in total. The lowest BCUT2D eigenvalue weighted by atomic mass is 9.81. The Bertz CT molecular complexity index is 1890. The van der Waals surface area contributed by atoms with E-state index in [4.69, 9.17) is 4.74 Å². The maximum atomic E-state index is 13.8. The zero-order chi connectivity index (χ0) is 37.5. The molecule has 6 rings (SSSR count). The first-order chi connectivity index (χ1) is 25.4. The number of hydrogen-bond acceptors (Lipinski definition) is 8. The fourth-order valence-corrected chi connectivity index (χ4v) is 6.54. The van der Waals surface area contributed by atoms with Crippen molar-refractivity contribution in [3.8, 4) is 22.5 Å². The summed E-state index contributed by atoms with van der Waals surface area (Å²) in [7, 11) is 0. The van der Waals surface area contributed by atoms with Crippen molar-refractivity contribution in [2.75, 3.05) is 11.9 Å². The Morgan fingerprint density at radius 1 is 0.868 bits per heavy atom. The van der Waals surface area contributed by atoms with E-state index in [0.717, 1.165) is 53.5 Å². The normalized spacial score (nSPS) is 17.7. The molecule has 0 saturated heterocycles. The SMILES string of the molecule is Cc1cc(-c2ccc(CC(NC(=O)C3CCC(CNC(=O)OC(C)(C)C)CC3)C(=O)Nc3ccc(-c4nn[nH]n4)cc3)cc2)ccc1C(=O)NC1CC1. The van der Waals surface area contributed by atoms with Gasteiger partial charge < -0.3 is 26.0 Å². The van der Waals surface area contributed by atoms with E-state index in [0.29, 0.717) is 42.5 Å². The van der Waals surface area contributed by atoms with Gasteiger partial charge in [0, 0.05) is 41.7 Å². The first-order valence-electron chi connectivity index (χ1n) is 18.3. The number of anilines is 1. The second-order valence-corrected chi connectivity index (χ2v) is 15.1. The lowest BCUT2D eigenvalue weighted by molar-refractivity contribution is -0.130. The van der Waals surface area contributed by atoms with Crippen LogP contribution in [0.1, 0.15) is 80.8 Å². The molecule has 1 heterocycles. The van der Waals surface area contributed by atoms with Crippen LogP contribution >= 0.6 is 0 Å². The minimum atomic E-state index is -0.830. The summed E-state index contributed by atoms with van der Waals surface area (Å²) in [5.74, 6) is -0.0760. The zero-order valence-corrected chi connectivity index (χ0v) is 30.7. The maximum Gasteiger partial charge on any atom is 0.407 e. The molecule has 0 spiro atoms. The number of nitrogens with one attached hydrogen (secondary N) is 5. The van der Waals surface area contributed by atoms with Crippen LogP contribution in [0.25, 0.3) is 22.5 Å². The summed E-state index contributed by atoms with van der Waals surface area (Å²) in [6.07, 6.45) is 4.80. The number of rotatable bonds is 12. The Morgan fingerprint density at radius 2 is 1.55 bits per heavy atom. The number of H-pyrrole nitrogens is 1. The van der Waals surface area contributed by atoms with E-state index >= 15 is 0 Å². The third-order valence-corrected chi connectivity index (χ3v) is 9.65. The number of aromatic nitrogens is 4. The quantitative estimate of drug-likeness (QED) is 0.123. The topological polar surface area (TPSA) is 180 Å². The number of aryl methyl sites for hydroxylation is 1. The highest BCUT2D eigenvalue weighted by atomic mass is 16.6. The molecule has 1 unspecified atom stereocenters. The molecular formula is C40H48N8O5.